The van der Waals surface area contributed by atoms with Crippen LogP contribution in [0.2, 0.25) is 0 Å². The van der Waals surface area contributed by atoms with Crippen LogP contribution >= 0.6 is 11.3 Å². The van der Waals surface area contributed by atoms with E-state index in [1.54, 1.807) is 41.4 Å². The van der Waals surface area contributed by atoms with Crippen molar-refractivity contribution in [3.63, 3.8) is 0 Å². The maximum atomic E-state index is 12.8. The SMILES string of the molecule is Cc1ccccc1S(=O)(=O)N1CCN(C(=O)Cc2cccs2)CC1. The highest BCUT2D eigenvalue weighted by Crippen LogP contribution is 2.21. The molecule has 1 fully saturated rings. The zero-order valence-electron chi connectivity index (χ0n) is 13.5. The minimum atomic E-state index is -3.49. The number of hydrogen-bond donors (Lipinski definition) is 0. The molecule has 24 heavy (non-hydrogen) atoms. The van der Waals surface area contributed by atoms with Gasteiger partial charge in [0.15, 0.2) is 0 Å². The van der Waals surface area contributed by atoms with Crippen LogP contribution in [-0.4, -0.2) is 49.7 Å². The summed E-state index contributed by atoms with van der Waals surface area (Å²) in [5, 5.41) is 1.95. The molecule has 0 atom stereocenters. The van der Waals surface area contributed by atoms with E-state index < -0.39 is 10.0 Å². The zero-order chi connectivity index (χ0) is 17.2. The maximum absolute atomic E-state index is 12.8. The van der Waals surface area contributed by atoms with Crippen LogP contribution < -0.4 is 0 Å². The molecule has 0 saturated carbocycles. The van der Waals surface area contributed by atoms with Gasteiger partial charge in [0.25, 0.3) is 0 Å². The third-order valence-corrected chi connectivity index (χ3v) is 7.14. The molecule has 0 N–H and O–H groups in total. The molecule has 7 heteroatoms. The second kappa shape index (κ2) is 7.04. The van der Waals surface area contributed by atoms with E-state index in [1.165, 1.54) is 4.31 Å². The Hall–Kier alpha value is -1.70. The normalized spacial score (nSPS) is 16.3. The fourth-order valence-electron chi connectivity index (χ4n) is 2.84. The standard InChI is InChI=1S/C17H20N2O3S2/c1-14-5-2-3-7-16(14)24(21,22)19-10-8-18(9-11-19)17(20)13-15-6-4-12-23-15/h2-7,12H,8-11,13H2,1H3. The minimum absolute atomic E-state index is 0.0605. The zero-order valence-corrected chi connectivity index (χ0v) is 15.1. The molecule has 2 heterocycles. The van der Waals surface area contributed by atoms with E-state index in [0.717, 1.165) is 10.4 Å². The number of rotatable bonds is 4. The molecule has 0 aliphatic carbocycles. The highest BCUT2D eigenvalue weighted by atomic mass is 32.2. The number of amides is 1. The third-order valence-electron chi connectivity index (χ3n) is 4.21. The fraction of sp³-hybridized carbons (Fsp3) is 0.353. The molecular weight excluding hydrogens is 344 g/mol. The Morgan fingerprint density at radius 2 is 1.79 bits per heavy atom. The van der Waals surface area contributed by atoms with Gasteiger partial charge in [-0.1, -0.05) is 24.3 Å². The molecule has 2 aromatic rings. The fourth-order valence-corrected chi connectivity index (χ4v) is 5.18. The van der Waals surface area contributed by atoms with Gasteiger partial charge in [-0.25, -0.2) is 8.42 Å². The van der Waals surface area contributed by atoms with Gasteiger partial charge in [0.1, 0.15) is 0 Å². The van der Waals surface area contributed by atoms with Crippen molar-refractivity contribution in [3.8, 4) is 0 Å². The lowest BCUT2D eigenvalue weighted by Crippen LogP contribution is -2.50. The predicted molar refractivity (Wildman–Crippen MR) is 94.5 cm³/mol. The van der Waals surface area contributed by atoms with Crippen LogP contribution in [0.4, 0.5) is 0 Å². The lowest BCUT2D eigenvalue weighted by Gasteiger charge is -2.34. The number of sulfonamides is 1. The number of nitrogens with zero attached hydrogens (tertiary/aromatic N) is 2. The van der Waals surface area contributed by atoms with Crippen LogP contribution in [0.3, 0.4) is 0 Å². The number of carbonyl (C=O) groups is 1. The lowest BCUT2D eigenvalue weighted by molar-refractivity contribution is -0.131. The topological polar surface area (TPSA) is 57.7 Å². The summed E-state index contributed by atoms with van der Waals surface area (Å²) in [7, 11) is -3.49. The second-order valence-corrected chi connectivity index (χ2v) is 8.75. The summed E-state index contributed by atoms with van der Waals surface area (Å²) in [5.74, 6) is 0.0605. The monoisotopic (exact) mass is 364 g/mol. The molecule has 1 aromatic heterocycles. The Morgan fingerprint density at radius 3 is 2.42 bits per heavy atom. The Morgan fingerprint density at radius 1 is 1.08 bits per heavy atom. The van der Waals surface area contributed by atoms with Crippen molar-refractivity contribution in [3.05, 3.63) is 52.2 Å². The Labute approximate surface area is 146 Å². The van der Waals surface area contributed by atoms with Gasteiger partial charge in [0.2, 0.25) is 15.9 Å². The lowest BCUT2D eigenvalue weighted by atomic mass is 10.2. The molecule has 1 aromatic carbocycles. The number of aryl methyl sites for hydroxylation is 1. The largest absolute Gasteiger partial charge is 0.340 e. The Balaban J connectivity index is 1.64. The molecule has 128 valence electrons. The van der Waals surface area contributed by atoms with Crippen LogP contribution in [0.1, 0.15) is 10.4 Å². The van der Waals surface area contributed by atoms with E-state index in [0.29, 0.717) is 37.5 Å². The van der Waals surface area contributed by atoms with E-state index >= 15 is 0 Å². The van der Waals surface area contributed by atoms with E-state index in [4.69, 9.17) is 0 Å². The van der Waals surface area contributed by atoms with E-state index in [9.17, 15) is 13.2 Å². The summed E-state index contributed by atoms with van der Waals surface area (Å²) >= 11 is 1.57. The summed E-state index contributed by atoms with van der Waals surface area (Å²) in [4.78, 5) is 15.5. The number of piperazine rings is 1. The van der Waals surface area contributed by atoms with Gasteiger partial charge in [0.05, 0.1) is 11.3 Å². The van der Waals surface area contributed by atoms with E-state index in [-0.39, 0.29) is 5.91 Å². The molecular formula is C17H20N2O3S2. The van der Waals surface area contributed by atoms with Crippen LogP contribution in [0.25, 0.3) is 0 Å². The molecule has 1 saturated heterocycles. The molecule has 1 aliphatic rings. The first kappa shape index (κ1) is 17.1. The highest BCUT2D eigenvalue weighted by Gasteiger charge is 2.30. The van der Waals surface area contributed by atoms with Gasteiger partial charge in [-0.05, 0) is 30.0 Å². The highest BCUT2D eigenvalue weighted by molar-refractivity contribution is 7.89. The van der Waals surface area contributed by atoms with Crippen molar-refractivity contribution in [1.82, 2.24) is 9.21 Å². The van der Waals surface area contributed by atoms with Crippen molar-refractivity contribution in [1.29, 1.82) is 0 Å². The average Bonchev–Trinajstić information content (AvgIpc) is 3.08. The molecule has 0 bridgehead atoms. The summed E-state index contributed by atoms with van der Waals surface area (Å²) in [5.41, 5.74) is 0.744. The Kier molecular flexibility index (Phi) is 5.03. The van der Waals surface area contributed by atoms with Crippen molar-refractivity contribution in [2.24, 2.45) is 0 Å². The first-order chi connectivity index (χ1) is 11.5. The van der Waals surface area contributed by atoms with E-state index in [1.807, 2.05) is 23.6 Å². The summed E-state index contributed by atoms with van der Waals surface area (Å²) in [6.07, 6.45) is 0.391. The smallest absolute Gasteiger partial charge is 0.243 e. The minimum Gasteiger partial charge on any atom is -0.340 e. The van der Waals surface area contributed by atoms with Gasteiger partial charge in [-0.15, -0.1) is 11.3 Å². The van der Waals surface area contributed by atoms with E-state index in [2.05, 4.69) is 0 Å². The number of benzene rings is 1. The van der Waals surface area contributed by atoms with Gasteiger partial charge < -0.3 is 4.90 Å². The molecule has 0 radical (unpaired) electrons. The number of thiophene rings is 1. The molecule has 0 unspecified atom stereocenters. The Bertz CT molecular complexity index is 808. The van der Waals surface area contributed by atoms with Gasteiger partial charge in [0, 0.05) is 31.1 Å². The number of carbonyl (C=O) groups excluding carboxylic acids is 1. The number of hydrogen-bond acceptors (Lipinski definition) is 4. The van der Waals surface area contributed by atoms with Crippen molar-refractivity contribution in [2.45, 2.75) is 18.2 Å². The predicted octanol–water partition coefficient (Wildman–Crippen LogP) is 2.13. The van der Waals surface area contributed by atoms with Crippen molar-refractivity contribution in [2.75, 3.05) is 26.2 Å². The van der Waals surface area contributed by atoms with Gasteiger partial charge in [-0.2, -0.15) is 4.31 Å². The van der Waals surface area contributed by atoms with Gasteiger partial charge >= 0.3 is 0 Å². The summed E-state index contributed by atoms with van der Waals surface area (Å²) < 4.78 is 27.0. The molecule has 1 aliphatic heterocycles. The first-order valence-corrected chi connectivity index (χ1v) is 10.2. The first-order valence-electron chi connectivity index (χ1n) is 7.84. The second-order valence-electron chi connectivity index (χ2n) is 5.81. The molecule has 0 spiro atoms. The van der Waals surface area contributed by atoms with Crippen molar-refractivity contribution >= 4 is 27.3 Å². The summed E-state index contributed by atoms with van der Waals surface area (Å²) in [6.45, 7) is 3.36. The van der Waals surface area contributed by atoms with Crippen LogP contribution in [-0.2, 0) is 21.2 Å². The third kappa shape index (κ3) is 3.53. The van der Waals surface area contributed by atoms with Crippen LogP contribution in [0.15, 0.2) is 46.7 Å². The van der Waals surface area contributed by atoms with Crippen LogP contribution in [0.5, 0.6) is 0 Å². The maximum Gasteiger partial charge on any atom is 0.243 e. The quantitative estimate of drug-likeness (QED) is 0.835. The molecule has 3 rings (SSSR count). The average molecular weight is 364 g/mol. The summed E-state index contributed by atoms with van der Waals surface area (Å²) in [6, 6.07) is 10.9. The van der Waals surface area contributed by atoms with Gasteiger partial charge in [-0.3, -0.25) is 4.79 Å². The molecule has 5 nitrogen and oxygen atoms in total. The van der Waals surface area contributed by atoms with Crippen molar-refractivity contribution < 1.29 is 13.2 Å². The molecule has 1 amide bonds. The van der Waals surface area contributed by atoms with Crippen LogP contribution in [0, 0.1) is 6.92 Å².